The average molecular weight is 390 g/mol. The number of nitrogens with two attached hydrogens (primary N) is 1. The first-order valence-corrected chi connectivity index (χ1v) is 8.70. The van der Waals surface area contributed by atoms with E-state index in [0.717, 1.165) is 12.1 Å². The van der Waals surface area contributed by atoms with Crippen LogP contribution in [-0.2, 0) is 17.9 Å². The molecule has 25 heavy (non-hydrogen) atoms. The van der Waals surface area contributed by atoms with E-state index < -0.39 is 6.04 Å². The Morgan fingerprint density at radius 3 is 2.12 bits per heavy atom. The van der Waals surface area contributed by atoms with Crippen LogP contribution in [0.1, 0.15) is 51.2 Å². The average Bonchev–Trinajstić information content (AvgIpc) is 2.53. The normalized spacial score (nSPS) is 16.3. The lowest BCUT2D eigenvalue weighted by molar-refractivity contribution is -0.124. The van der Waals surface area contributed by atoms with Crippen LogP contribution in [-0.4, -0.2) is 29.9 Å². The maximum absolute atomic E-state index is 12.0. The summed E-state index contributed by atoms with van der Waals surface area (Å²) in [4.78, 5) is 14.6. The zero-order valence-corrected chi connectivity index (χ0v) is 17.2. The van der Waals surface area contributed by atoms with Crippen LogP contribution >= 0.6 is 24.8 Å². The molecule has 3 N–H and O–H groups in total. The highest BCUT2D eigenvalue weighted by Crippen LogP contribution is 2.17. The summed E-state index contributed by atoms with van der Waals surface area (Å²) in [6.45, 7) is 9.92. The first-order valence-electron chi connectivity index (χ1n) is 8.70. The molecule has 1 heterocycles. The van der Waals surface area contributed by atoms with Gasteiger partial charge in [-0.05, 0) is 42.5 Å². The fraction of sp³-hybridized carbons (Fsp3) is 0.632. The predicted molar refractivity (Wildman–Crippen MR) is 109 cm³/mol. The topological polar surface area (TPSA) is 58.4 Å². The van der Waals surface area contributed by atoms with Gasteiger partial charge in [0.1, 0.15) is 0 Å². The zero-order chi connectivity index (χ0) is 16.9. The van der Waals surface area contributed by atoms with Gasteiger partial charge in [0.2, 0.25) is 5.91 Å². The van der Waals surface area contributed by atoms with Gasteiger partial charge in [-0.1, -0.05) is 51.5 Å². The maximum atomic E-state index is 12.0. The lowest BCUT2D eigenvalue weighted by atomic mass is 9.87. The van der Waals surface area contributed by atoms with E-state index in [2.05, 4.69) is 34.5 Å². The van der Waals surface area contributed by atoms with Gasteiger partial charge >= 0.3 is 0 Å². The summed E-state index contributed by atoms with van der Waals surface area (Å²) in [5, 5.41) is 2.93. The Morgan fingerprint density at radius 2 is 1.60 bits per heavy atom. The maximum Gasteiger partial charge on any atom is 0.237 e. The Balaban J connectivity index is 0.00000288. The molecule has 0 spiro atoms. The van der Waals surface area contributed by atoms with Crippen LogP contribution in [0.25, 0.3) is 0 Å². The van der Waals surface area contributed by atoms with Crippen LogP contribution in [0.15, 0.2) is 24.3 Å². The smallest absolute Gasteiger partial charge is 0.237 e. The molecule has 144 valence electrons. The van der Waals surface area contributed by atoms with Gasteiger partial charge in [0.05, 0.1) is 6.04 Å². The van der Waals surface area contributed by atoms with Crippen LogP contribution in [0.4, 0.5) is 0 Å². The first kappa shape index (κ1) is 24.2. The Kier molecular flexibility index (Phi) is 10.7. The van der Waals surface area contributed by atoms with E-state index in [1.807, 2.05) is 20.8 Å². The number of hydrogen-bond donors (Lipinski definition) is 2. The van der Waals surface area contributed by atoms with Crippen LogP contribution < -0.4 is 11.1 Å². The third-order valence-corrected chi connectivity index (χ3v) is 4.56. The highest BCUT2D eigenvalue weighted by atomic mass is 35.5. The molecule has 2 rings (SSSR count). The molecular formula is C19H33Cl2N3O. The molecule has 4 nitrogen and oxygen atoms in total. The number of benzene rings is 1. The predicted octanol–water partition coefficient (Wildman–Crippen LogP) is 3.51. The largest absolute Gasteiger partial charge is 0.351 e. The summed E-state index contributed by atoms with van der Waals surface area (Å²) in [5.41, 5.74) is 8.20. The van der Waals surface area contributed by atoms with Crippen molar-refractivity contribution < 1.29 is 4.79 Å². The number of carbonyl (C=O) groups excluding carboxylic acids is 1. The second-order valence-electron chi connectivity index (χ2n) is 7.71. The quantitative estimate of drug-likeness (QED) is 0.809. The van der Waals surface area contributed by atoms with E-state index >= 15 is 0 Å². The third kappa shape index (κ3) is 7.95. The van der Waals surface area contributed by atoms with Gasteiger partial charge in [-0.15, -0.1) is 24.8 Å². The Hall–Kier alpha value is -0.810. The fourth-order valence-electron chi connectivity index (χ4n) is 2.83. The minimum absolute atomic E-state index is 0. The molecule has 1 fully saturated rings. The molecule has 1 aliphatic rings. The number of hydrogen-bond acceptors (Lipinski definition) is 3. The van der Waals surface area contributed by atoms with Crippen LogP contribution in [0.2, 0.25) is 0 Å². The summed E-state index contributed by atoms with van der Waals surface area (Å²) in [7, 11) is 0. The van der Waals surface area contributed by atoms with E-state index in [9.17, 15) is 4.79 Å². The lowest BCUT2D eigenvalue weighted by Gasteiger charge is -2.26. The summed E-state index contributed by atoms with van der Waals surface area (Å²) in [6.07, 6.45) is 4.00. The molecule has 0 aromatic heterocycles. The molecule has 6 heteroatoms. The second-order valence-corrected chi connectivity index (χ2v) is 7.71. The van der Waals surface area contributed by atoms with E-state index in [4.69, 9.17) is 5.73 Å². The minimum Gasteiger partial charge on any atom is -0.351 e. The van der Waals surface area contributed by atoms with Crippen molar-refractivity contribution in [2.45, 2.75) is 59.2 Å². The molecular weight excluding hydrogens is 357 g/mol. The molecule has 1 aliphatic heterocycles. The summed E-state index contributed by atoms with van der Waals surface area (Å²) in [6, 6.07) is 8.05. The van der Waals surface area contributed by atoms with Gasteiger partial charge in [0, 0.05) is 13.1 Å². The molecule has 1 aromatic rings. The van der Waals surface area contributed by atoms with Crippen molar-refractivity contribution in [1.82, 2.24) is 10.2 Å². The molecule has 0 radical (unpaired) electrons. The number of nitrogens with one attached hydrogen (secondary N) is 1. The van der Waals surface area contributed by atoms with E-state index in [-0.39, 0.29) is 36.1 Å². The highest BCUT2D eigenvalue weighted by Gasteiger charge is 2.27. The molecule has 0 saturated carbocycles. The zero-order valence-electron chi connectivity index (χ0n) is 15.6. The van der Waals surface area contributed by atoms with Crippen molar-refractivity contribution >= 4 is 30.7 Å². The Morgan fingerprint density at radius 1 is 1.08 bits per heavy atom. The van der Waals surface area contributed by atoms with Crippen molar-refractivity contribution in [2.24, 2.45) is 11.1 Å². The monoisotopic (exact) mass is 389 g/mol. The Bertz CT molecular complexity index is 508. The summed E-state index contributed by atoms with van der Waals surface area (Å²) in [5.74, 6) is -0.0881. The van der Waals surface area contributed by atoms with Gasteiger partial charge in [0.15, 0.2) is 0 Å². The van der Waals surface area contributed by atoms with Crippen molar-refractivity contribution in [1.29, 1.82) is 0 Å². The van der Waals surface area contributed by atoms with Crippen LogP contribution in [0.3, 0.4) is 0 Å². The van der Waals surface area contributed by atoms with Crippen molar-refractivity contribution in [3.05, 3.63) is 35.4 Å². The minimum atomic E-state index is -0.485. The van der Waals surface area contributed by atoms with Crippen LogP contribution in [0, 0.1) is 5.41 Å². The number of halogens is 2. The summed E-state index contributed by atoms with van der Waals surface area (Å²) >= 11 is 0. The lowest BCUT2D eigenvalue weighted by Crippen LogP contribution is -2.48. The second kappa shape index (κ2) is 11.0. The Labute approximate surface area is 164 Å². The van der Waals surface area contributed by atoms with E-state index in [1.165, 1.54) is 37.9 Å². The van der Waals surface area contributed by atoms with Gasteiger partial charge in [0.25, 0.3) is 0 Å². The third-order valence-electron chi connectivity index (χ3n) is 4.56. The highest BCUT2D eigenvalue weighted by molar-refractivity contribution is 5.85. The summed E-state index contributed by atoms with van der Waals surface area (Å²) < 4.78 is 0. The number of rotatable bonds is 5. The standard InChI is InChI=1S/C19H31N3O.2ClH/c1-19(2,3)17(20)18(23)21-13-15-7-9-16(10-8-15)14-22-11-5-4-6-12-22;;/h7-10,17H,4-6,11-14,20H2,1-3H3,(H,21,23);2*1H/t17-;;/m1../s1. The molecule has 1 aromatic carbocycles. The van der Waals surface area contributed by atoms with Crippen molar-refractivity contribution in [3.63, 3.8) is 0 Å². The SMILES string of the molecule is CC(C)(C)[C@H](N)C(=O)NCc1ccc(CN2CCCCC2)cc1.Cl.Cl. The molecule has 1 saturated heterocycles. The van der Waals surface area contributed by atoms with Gasteiger partial charge in [-0.2, -0.15) is 0 Å². The first-order chi connectivity index (χ1) is 10.9. The molecule has 0 bridgehead atoms. The van der Waals surface area contributed by atoms with Gasteiger partial charge < -0.3 is 11.1 Å². The number of piperidine rings is 1. The van der Waals surface area contributed by atoms with E-state index in [1.54, 1.807) is 0 Å². The molecule has 1 amide bonds. The van der Waals surface area contributed by atoms with Gasteiger partial charge in [-0.25, -0.2) is 0 Å². The molecule has 1 atom stereocenters. The number of carbonyl (C=O) groups is 1. The molecule has 0 aliphatic carbocycles. The number of nitrogens with zero attached hydrogens (tertiary/aromatic N) is 1. The van der Waals surface area contributed by atoms with Gasteiger partial charge in [-0.3, -0.25) is 9.69 Å². The molecule has 0 unspecified atom stereocenters. The van der Waals surface area contributed by atoms with Crippen LogP contribution in [0.5, 0.6) is 0 Å². The number of amides is 1. The fourth-order valence-corrected chi connectivity index (χ4v) is 2.83. The van der Waals surface area contributed by atoms with Crippen molar-refractivity contribution in [3.8, 4) is 0 Å². The van der Waals surface area contributed by atoms with E-state index in [0.29, 0.717) is 6.54 Å². The van der Waals surface area contributed by atoms with Crippen molar-refractivity contribution in [2.75, 3.05) is 13.1 Å². The number of likely N-dealkylation sites (tertiary alicyclic amines) is 1.